The zero-order valence-corrected chi connectivity index (χ0v) is 8.79. The van der Waals surface area contributed by atoms with Crippen molar-refractivity contribution in [2.75, 3.05) is 40.0 Å². The summed E-state index contributed by atoms with van der Waals surface area (Å²) in [5, 5.41) is 0. The SMILES string of the molecule is CCOCCN1CCCC(OC)C1. The zero-order chi connectivity index (χ0) is 9.52. The molecule has 1 aliphatic rings. The molecule has 0 aromatic heterocycles. The second kappa shape index (κ2) is 6.35. The highest BCUT2D eigenvalue weighted by molar-refractivity contribution is 4.72. The van der Waals surface area contributed by atoms with E-state index in [2.05, 4.69) is 4.90 Å². The molecule has 0 amide bonds. The van der Waals surface area contributed by atoms with Crippen LogP contribution in [0, 0.1) is 0 Å². The number of likely N-dealkylation sites (tertiary alicyclic amines) is 1. The van der Waals surface area contributed by atoms with E-state index in [9.17, 15) is 0 Å². The average Bonchev–Trinajstić information content (AvgIpc) is 2.19. The molecule has 0 aliphatic carbocycles. The molecule has 0 bridgehead atoms. The standard InChI is InChI=1S/C10H21NO2/c1-3-13-8-7-11-6-4-5-10(9-11)12-2/h10H,3-9H2,1-2H3. The van der Waals surface area contributed by atoms with Gasteiger partial charge in [0.1, 0.15) is 0 Å². The van der Waals surface area contributed by atoms with Gasteiger partial charge in [-0.1, -0.05) is 0 Å². The van der Waals surface area contributed by atoms with E-state index in [1.54, 1.807) is 7.11 Å². The number of nitrogens with zero attached hydrogens (tertiary/aromatic N) is 1. The van der Waals surface area contributed by atoms with Gasteiger partial charge in [0, 0.05) is 26.8 Å². The highest BCUT2D eigenvalue weighted by Gasteiger charge is 2.18. The minimum absolute atomic E-state index is 0.440. The van der Waals surface area contributed by atoms with Crippen LogP contribution in [-0.4, -0.2) is 51.0 Å². The van der Waals surface area contributed by atoms with Crippen molar-refractivity contribution in [3.63, 3.8) is 0 Å². The molecule has 1 rings (SSSR count). The van der Waals surface area contributed by atoms with Gasteiger partial charge in [0.15, 0.2) is 0 Å². The van der Waals surface area contributed by atoms with Crippen molar-refractivity contribution in [1.29, 1.82) is 0 Å². The predicted molar refractivity (Wildman–Crippen MR) is 53.0 cm³/mol. The maximum absolute atomic E-state index is 5.35. The Kier molecular flexibility index (Phi) is 5.35. The first-order valence-electron chi connectivity index (χ1n) is 5.19. The molecule has 3 heteroatoms. The molecule has 1 atom stereocenters. The molecule has 1 unspecified atom stereocenters. The summed E-state index contributed by atoms with van der Waals surface area (Å²) in [6.07, 6.45) is 2.90. The van der Waals surface area contributed by atoms with Gasteiger partial charge in [-0.3, -0.25) is 4.90 Å². The summed E-state index contributed by atoms with van der Waals surface area (Å²) in [7, 11) is 1.80. The lowest BCUT2D eigenvalue weighted by Gasteiger charge is -2.31. The van der Waals surface area contributed by atoms with E-state index < -0.39 is 0 Å². The Morgan fingerprint density at radius 1 is 1.46 bits per heavy atom. The molecule has 1 fully saturated rings. The third kappa shape index (κ3) is 4.07. The first-order valence-corrected chi connectivity index (χ1v) is 5.19. The van der Waals surface area contributed by atoms with Gasteiger partial charge in [0.05, 0.1) is 12.7 Å². The summed E-state index contributed by atoms with van der Waals surface area (Å²) in [4.78, 5) is 2.42. The quantitative estimate of drug-likeness (QED) is 0.602. The van der Waals surface area contributed by atoms with Crippen LogP contribution in [0.2, 0.25) is 0 Å². The summed E-state index contributed by atoms with van der Waals surface area (Å²) >= 11 is 0. The van der Waals surface area contributed by atoms with Crippen molar-refractivity contribution in [2.45, 2.75) is 25.9 Å². The summed E-state index contributed by atoms with van der Waals surface area (Å²) in [6, 6.07) is 0. The Morgan fingerprint density at radius 3 is 3.00 bits per heavy atom. The number of ether oxygens (including phenoxy) is 2. The lowest BCUT2D eigenvalue weighted by Crippen LogP contribution is -2.40. The van der Waals surface area contributed by atoms with Crippen LogP contribution in [0.25, 0.3) is 0 Å². The molecule has 0 aromatic rings. The van der Waals surface area contributed by atoms with Crippen LogP contribution in [0.15, 0.2) is 0 Å². The molecule has 0 saturated carbocycles. The van der Waals surface area contributed by atoms with Gasteiger partial charge >= 0.3 is 0 Å². The second-order valence-corrected chi connectivity index (χ2v) is 3.50. The Bertz CT molecular complexity index is 130. The summed E-state index contributed by atoms with van der Waals surface area (Å²) in [5.41, 5.74) is 0. The lowest BCUT2D eigenvalue weighted by molar-refractivity contribution is 0.0191. The van der Waals surface area contributed by atoms with E-state index in [0.717, 1.165) is 26.3 Å². The Labute approximate surface area is 81.0 Å². The monoisotopic (exact) mass is 187 g/mol. The first-order chi connectivity index (χ1) is 6.36. The van der Waals surface area contributed by atoms with Crippen LogP contribution in [0.3, 0.4) is 0 Å². The van der Waals surface area contributed by atoms with E-state index in [1.165, 1.54) is 19.4 Å². The number of hydrogen-bond donors (Lipinski definition) is 0. The van der Waals surface area contributed by atoms with Crippen LogP contribution in [-0.2, 0) is 9.47 Å². The molecular formula is C10H21NO2. The highest BCUT2D eigenvalue weighted by Crippen LogP contribution is 2.11. The van der Waals surface area contributed by atoms with Crippen LogP contribution >= 0.6 is 0 Å². The average molecular weight is 187 g/mol. The minimum atomic E-state index is 0.440. The minimum Gasteiger partial charge on any atom is -0.380 e. The van der Waals surface area contributed by atoms with E-state index in [0.29, 0.717) is 6.10 Å². The van der Waals surface area contributed by atoms with Crippen molar-refractivity contribution < 1.29 is 9.47 Å². The topological polar surface area (TPSA) is 21.7 Å². The molecule has 3 nitrogen and oxygen atoms in total. The molecule has 0 aromatic carbocycles. The Balaban J connectivity index is 2.11. The largest absolute Gasteiger partial charge is 0.380 e. The fourth-order valence-corrected chi connectivity index (χ4v) is 1.75. The van der Waals surface area contributed by atoms with Gasteiger partial charge in [-0.2, -0.15) is 0 Å². The summed E-state index contributed by atoms with van der Waals surface area (Å²) in [5.74, 6) is 0. The second-order valence-electron chi connectivity index (χ2n) is 3.50. The molecular weight excluding hydrogens is 166 g/mol. The van der Waals surface area contributed by atoms with Gasteiger partial charge in [0.25, 0.3) is 0 Å². The van der Waals surface area contributed by atoms with E-state index >= 15 is 0 Å². The van der Waals surface area contributed by atoms with Crippen molar-refractivity contribution in [1.82, 2.24) is 4.90 Å². The summed E-state index contributed by atoms with van der Waals surface area (Å²) < 4.78 is 10.7. The van der Waals surface area contributed by atoms with E-state index in [4.69, 9.17) is 9.47 Å². The molecule has 0 N–H and O–H groups in total. The molecule has 13 heavy (non-hydrogen) atoms. The molecule has 1 aliphatic heterocycles. The van der Waals surface area contributed by atoms with Gasteiger partial charge in [0.2, 0.25) is 0 Å². The van der Waals surface area contributed by atoms with Crippen molar-refractivity contribution >= 4 is 0 Å². The van der Waals surface area contributed by atoms with E-state index in [-0.39, 0.29) is 0 Å². The van der Waals surface area contributed by atoms with Crippen LogP contribution in [0.1, 0.15) is 19.8 Å². The van der Waals surface area contributed by atoms with E-state index in [1.807, 2.05) is 6.92 Å². The number of hydrogen-bond acceptors (Lipinski definition) is 3. The number of piperidine rings is 1. The Hall–Kier alpha value is -0.120. The number of rotatable bonds is 5. The van der Waals surface area contributed by atoms with Gasteiger partial charge in [-0.15, -0.1) is 0 Å². The lowest BCUT2D eigenvalue weighted by atomic mass is 10.1. The van der Waals surface area contributed by atoms with Crippen molar-refractivity contribution in [3.05, 3.63) is 0 Å². The van der Waals surface area contributed by atoms with Gasteiger partial charge in [-0.25, -0.2) is 0 Å². The first kappa shape index (κ1) is 11.0. The fourth-order valence-electron chi connectivity index (χ4n) is 1.75. The van der Waals surface area contributed by atoms with Crippen LogP contribution < -0.4 is 0 Å². The fraction of sp³-hybridized carbons (Fsp3) is 1.00. The van der Waals surface area contributed by atoms with Crippen molar-refractivity contribution in [3.8, 4) is 0 Å². The maximum atomic E-state index is 5.35. The predicted octanol–water partition coefficient (Wildman–Crippen LogP) is 1.13. The van der Waals surface area contributed by atoms with Crippen molar-refractivity contribution in [2.24, 2.45) is 0 Å². The van der Waals surface area contributed by atoms with Gasteiger partial charge in [-0.05, 0) is 26.3 Å². The molecule has 0 radical (unpaired) electrons. The van der Waals surface area contributed by atoms with Gasteiger partial charge < -0.3 is 9.47 Å². The van der Waals surface area contributed by atoms with Crippen LogP contribution in [0.4, 0.5) is 0 Å². The Morgan fingerprint density at radius 2 is 2.31 bits per heavy atom. The molecule has 1 saturated heterocycles. The van der Waals surface area contributed by atoms with Crippen LogP contribution in [0.5, 0.6) is 0 Å². The maximum Gasteiger partial charge on any atom is 0.0698 e. The molecule has 78 valence electrons. The zero-order valence-electron chi connectivity index (χ0n) is 8.79. The molecule has 0 spiro atoms. The molecule has 1 heterocycles. The normalized spacial score (nSPS) is 24.9. The third-order valence-corrected chi connectivity index (χ3v) is 2.55. The summed E-state index contributed by atoms with van der Waals surface area (Å²) in [6.45, 7) is 7.03. The smallest absolute Gasteiger partial charge is 0.0698 e. The number of methoxy groups -OCH3 is 1. The highest BCUT2D eigenvalue weighted by atomic mass is 16.5. The third-order valence-electron chi connectivity index (χ3n) is 2.55.